The van der Waals surface area contributed by atoms with Crippen LogP contribution in [0.4, 0.5) is 0 Å². The van der Waals surface area contributed by atoms with Crippen molar-refractivity contribution < 1.29 is 22.6 Å². The smallest absolute Gasteiger partial charge is 0.185 e. The van der Waals surface area contributed by atoms with Gasteiger partial charge in [-0.05, 0) is 44.5 Å². The molecule has 0 N–H and O–H groups in total. The number of fused-ring (bicyclic) bond motifs is 1. The van der Waals surface area contributed by atoms with E-state index in [1.807, 2.05) is 68.4 Å². The molecule has 5 nitrogen and oxygen atoms in total. The molecule has 0 bridgehead atoms. The molecular weight excluding hydrogens is 492 g/mol. The van der Waals surface area contributed by atoms with E-state index in [1.165, 1.54) is 0 Å². The van der Waals surface area contributed by atoms with E-state index in [4.69, 9.17) is 14.2 Å². The Hall–Kier alpha value is -2.16. The van der Waals surface area contributed by atoms with Crippen molar-refractivity contribution >= 4 is 21.6 Å². The number of rotatable bonds is 6. The number of sulfone groups is 1. The van der Waals surface area contributed by atoms with E-state index < -0.39 is 27.5 Å². The Bertz CT molecular complexity index is 1260. The second-order valence-electron chi connectivity index (χ2n) is 9.66. The highest BCUT2D eigenvalue weighted by Gasteiger charge is 2.54. The molecule has 2 fully saturated rings. The van der Waals surface area contributed by atoms with Gasteiger partial charge in [-0.1, -0.05) is 65.7 Å². The van der Waals surface area contributed by atoms with Crippen molar-refractivity contribution in [2.45, 2.75) is 59.1 Å². The molecule has 1 saturated heterocycles. The monoisotopic (exact) mass is 524 g/mol. The first-order chi connectivity index (χ1) is 17.4. The zero-order valence-corrected chi connectivity index (χ0v) is 22.4. The van der Waals surface area contributed by atoms with E-state index in [1.54, 1.807) is 31.0 Å². The molecule has 1 aliphatic heterocycles. The van der Waals surface area contributed by atoms with Gasteiger partial charge in [0.2, 0.25) is 0 Å². The van der Waals surface area contributed by atoms with Crippen LogP contribution in [0.3, 0.4) is 0 Å². The first-order valence-electron chi connectivity index (χ1n) is 12.3. The third kappa shape index (κ3) is 5.13. The molecule has 0 radical (unpaired) electrons. The van der Waals surface area contributed by atoms with Crippen molar-refractivity contribution in [1.29, 1.82) is 0 Å². The molecule has 1 heterocycles. The zero-order valence-electron chi connectivity index (χ0n) is 20.7. The maximum Gasteiger partial charge on any atom is 0.185 e. The predicted octanol–water partition coefficient (Wildman–Crippen LogP) is 5.76. The molecule has 1 saturated carbocycles. The lowest BCUT2D eigenvalue weighted by Crippen LogP contribution is -2.59. The number of aryl methyl sites for hydroxylation is 2. The lowest BCUT2D eigenvalue weighted by atomic mass is 9.83. The summed E-state index contributed by atoms with van der Waals surface area (Å²) in [6.45, 7) is 4.42. The Morgan fingerprint density at radius 1 is 0.889 bits per heavy atom. The van der Waals surface area contributed by atoms with Gasteiger partial charge in [0.05, 0.1) is 29.0 Å². The normalized spacial score (nSPS) is 28.4. The van der Waals surface area contributed by atoms with Crippen LogP contribution in [0.5, 0.6) is 0 Å². The van der Waals surface area contributed by atoms with Crippen LogP contribution >= 0.6 is 11.8 Å². The molecule has 1 aliphatic carbocycles. The number of benzene rings is 3. The van der Waals surface area contributed by atoms with Crippen molar-refractivity contribution in [2.24, 2.45) is 5.92 Å². The summed E-state index contributed by atoms with van der Waals surface area (Å²) in [4.78, 5) is 1.33. The molecule has 0 aromatic heterocycles. The van der Waals surface area contributed by atoms with Crippen LogP contribution in [-0.2, 0) is 24.0 Å². The van der Waals surface area contributed by atoms with Crippen molar-refractivity contribution in [3.8, 4) is 0 Å². The largest absolute Gasteiger partial charge is 0.380 e. The van der Waals surface area contributed by atoms with Crippen LogP contribution in [0.25, 0.3) is 0 Å². The van der Waals surface area contributed by atoms with Gasteiger partial charge in [0.25, 0.3) is 0 Å². The molecule has 36 heavy (non-hydrogen) atoms. The van der Waals surface area contributed by atoms with Crippen LogP contribution in [0.15, 0.2) is 88.7 Å². The second kappa shape index (κ2) is 10.7. The standard InChI is InChI=1S/C29H32O5S2/c1-19-9-13-23(14-10-19)35-27-25(32-3)17-22-18-33-29(21-7-5-4-6-8-21)34-26(22)28(27)36(30,31)24-15-11-20(2)12-16-24/h4-16,22,25-29H,17-18H2,1-3H3/t22-,25-,26-,27+,28+,29?/m1/s1. The minimum Gasteiger partial charge on any atom is -0.380 e. The first-order valence-corrected chi connectivity index (χ1v) is 14.7. The third-order valence-corrected chi connectivity index (χ3v) is 10.9. The minimum atomic E-state index is -3.76. The predicted molar refractivity (Wildman–Crippen MR) is 142 cm³/mol. The number of methoxy groups -OCH3 is 1. The Kier molecular flexibility index (Phi) is 7.56. The van der Waals surface area contributed by atoms with Crippen molar-refractivity contribution in [3.63, 3.8) is 0 Å². The number of ether oxygens (including phenoxy) is 3. The lowest BCUT2D eigenvalue weighted by Gasteiger charge is -2.49. The summed E-state index contributed by atoms with van der Waals surface area (Å²) in [5, 5.41) is -1.15. The van der Waals surface area contributed by atoms with Gasteiger partial charge in [-0.3, -0.25) is 0 Å². The Morgan fingerprint density at radius 2 is 1.53 bits per heavy atom. The van der Waals surface area contributed by atoms with Crippen molar-refractivity contribution in [1.82, 2.24) is 0 Å². The van der Waals surface area contributed by atoms with E-state index in [0.29, 0.717) is 17.9 Å². The molecular formula is C29H32O5S2. The molecule has 7 heteroatoms. The number of hydrogen-bond donors (Lipinski definition) is 0. The Balaban J connectivity index is 1.57. The third-order valence-electron chi connectivity index (χ3n) is 7.13. The van der Waals surface area contributed by atoms with Crippen molar-refractivity contribution in [2.75, 3.05) is 13.7 Å². The highest BCUT2D eigenvalue weighted by molar-refractivity contribution is 8.01. The summed E-state index contributed by atoms with van der Waals surface area (Å²) in [5.41, 5.74) is 3.06. The molecule has 2 aliphatic rings. The van der Waals surface area contributed by atoms with Gasteiger partial charge in [-0.25, -0.2) is 8.42 Å². The van der Waals surface area contributed by atoms with Crippen molar-refractivity contribution in [3.05, 3.63) is 95.6 Å². The van der Waals surface area contributed by atoms with E-state index in [2.05, 4.69) is 12.1 Å². The van der Waals surface area contributed by atoms with Crippen LogP contribution in [0, 0.1) is 19.8 Å². The van der Waals surface area contributed by atoms with Gasteiger partial charge >= 0.3 is 0 Å². The summed E-state index contributed by atoms with van der Waals surface area (Å²) < 4.78 is 47.2. The van der Waals surface area contributed by atoms with E-state index in [9.17, 15) is 8.42 Å². The first kappa shape index (κ1) is 25.5. The highest BCUT2D eigenvalue weighted by Crippen LogP contribution is 2.47. The lowest BCUT2D eigenvalue weighted by molar-refractivity contribution is -0.252. The van der Waals surface area contributed by atoms with Gasteiger partial charge in [-0.2, -0.15) is 0 Å². The summed E-state index contributed by atoms with van der Waals surface area (Å²) in [6.07, 6.45) is -0.716. The maximum absolute atomic E-state index is 14.3. The number of hydrogen-bond acceptors (Lipinski definition) is 6. The zero-order chi connectivity index (χ0) is 25.3. The highest BCUT2D eigenvalue weighted by atomic mass is 32.2. The number of thioether (sulfide) groups is 1. The molecule has 190 valence electrons. The van der Waals surface area contributed by atoms with E-state index >= 15 is 0 Å². The molecule has 0 spiro atoms. The fourth-order valence-corrected chi connectivity index (χ4v) is 9.02. The van der Waals surface area contributed by atoms with Gasteiger partial charge in [0.1, 0.15) is 5.25 Å². The molecule has 1 unspecified atom stereocenters. The Morgan fingerprint density at radius 3 is 2.17 bits per heavy atom. The molecule has 6 atom stereocenters. The van der Waals surface area contributed by atoms with Gasteiger partial charge in [0.15, 0.2) is 16.1 Å². The van der Waals surface area contributed by atoms with Crippen LogP contribution in [0.2, 0.25) is 0 Å². The molecule has 3 aromatic rings. The van der Waals surface area contributed by atoms with Gasteiger partial charge < -0.3 is 14.2 Å². The SMILES string of the molecule is CO[C@@H]1C[C@@H]2COC(c3ccccc3)O[C@H]2[C@H](S(=O)(=O)c2ccc(C)cc2)[C@H]1Sc1ccc(C)cc1. The topological polar surface area (TPSA) is 61.8 Å². The van der Waals surface area contributed by atoms with E-state index in [-0.39, 0.29) is 17.3 Å². The minimum absolute atomic E-state index is 0.0880. The average molecular weight is 525 g/mol. The fourth-order valence-electron chi connectivity index (χ4n) is 5.15. The second-order valence-corrected chi connectivity index (χ2v) is 13.0. The van der Waals surface area contributed by atoms with E-state index in [0.717, 1.165) is 21.6 Å². The summed E-state index contributed by atoms with van der Waals surface area (Å²) in [5.74, 6) is -0.0880. The van der Waals surface area contributed by atoms with Gasteiger partial charge in [0, 0.05) is 23.5 Å². The maximum atomic E-state index is 14.3. The fraction of sp³-hybridized carbons (Fsp3) is 0.379. The molecule has 5 rings (SSSR count). The summed E-state index contributed by atoms with van der Waals surface area (Å²) >= 11 is 1.57. The quantitative estimate of drug-likeness (QED) is 0.409. The summed E-state index contributed by atoms with van der Waals surface area (Å²) in [6, 6.07) is 25.0. The van der Waals surface area contributed by atoms with Gasteiger partial charge in [-0.15, -0.1) is 11.8 Å². The van der Waals surface area contributed by atoms with Crippen LogP contribution < -0.4 is 0 Å². The molecule has 3 aromatic carbocycles. The average Bonchev–Trinajstić information content (AvgIpc) is 2.89. The van der Waals surface area contributed by atoms with Crippen LogP contribution in [-0.4, -0.2) is 44.8 Å². The Labute approximate surface area is 218 Å². The molecule has 0 amide bonds. The van der Waals surface area contributed by atoms with Crippen LogP contribution in [0.1, 0.15) is 29.4 Å². The summed E-state index contributed by atoms with van der Waals surface area (Å²) in [7, 11) is -2.09.